The first kappa shape index (κ1) is 13.1. The van der Waals surface area contributed by atoms with Crippen LogP contribution in [0, 0.1) is 5.92 Å². The van der Waals surface area contributed by atoms with Crippen LogP contribution in [0.15, 0.2) is 6.07 Å². The molecule has 4 nitrogen and oxygen atoms in total. The zero-order chi connectivity index (χ0) is 13.1. The highest BCUT2D eigenvalue weighted by molar-refractivity contribution is 7.14. The van der Waals surface area contributed by atoms with Gasteiger partial charge in [0.2, 0.25) is 0 Å². The van der Waals surface area contributed by atoms with E-state index in [1.807, 2.05) is 6.07 Å². The molecule has 98 valence electrons. The van der Waals surface area contributed by atoms with Gasteiger partial charge in [-0.15, -0.1) is 11.3 Å². The van der Waals surface area contributed by atoms with Crippen molar-refractivity contribution in [1.29, 1.82) is 0 Å². The van der Waals surface area contributed by atoms with Gasteiger partial charge >= 0.3 is 5.97 Å². The van der Waals surface area contributed by atoms with Gasteiger partial charge in [-0.2, -0.15) is 0 Å². The highest BCUT2D eigenvalue weighted by atomic mass is 32.1. The number of carbonyl (C=O) groups is 2. The Hall–Kier alpha value is -1.36. The zero-order valence-electron chi connectivity index (χ0n) is 10.4. The monoisotopic (exact) mass is 267 g/mol. The van der Waals surface area contributed by atoms with Gasteiger partial charge in [-0.25, -0.2) is 0 Å². The van der Waals surface area contributed by atoms with Crippen molar-refractivity contribution in [3.8, 4) is 0 Å². The number of carbonyl (C=O) groups excluding carboxylic acids is 1. The smallest absolute Gasteiger partial charge is 0.322 e. The third-order valence-corrected chi connectivity index (χ3v) is 4.62. The molecule has 0 aromatic carbocycles. The largest absolute Gasteiger partial charge is 0.480 e. The summed E-state index contributed by atoms with van der Waals surface area (Å²) in [5.74, 6) is -0.567. The Labute approximate surface area is 110 Å². The quantitative estimate of drug-likeness (QED) is 0.877. The summed E-state index contributed by atoms with van der Waals surface area (Å²) in [6.45, 7) is 1.88. The molecule has 1 atom stereocenters. The third-order valence-electron chi connectivity index (χ3n) is 3.39. The summed E-state index contributed by atoms with van der Waals surface area (Å²) < 4.78 is 0. The first-order chi connectivity index (χ1) is 8.60. The van der Waals surface area contributed by atoms with Crippen LogP contribution in [-0.4, -0.2) is 23.5 Å². The zero-order valence-corrected chi connectivity index (χ0v) is 11.2. The van der Waals surface area contributed by atoms with Crippen LogP contribution < -0.4 is 5.32 Å². The second-order valence-electron chi connectivity index (χ2n) is 4.65. The SMILES string of the molecule is CCC1CCc2sc(C(=O)NCC(=O)O)cc2C1. The Morgan fingerprint density at radius 2 is 2.33 bits per heavy atom. The van der Waals surface area contributed by atoms with Crippen molar-refractivity contribution in [1.82, 2.24) is 5.32 Å². The van der Waals surface area contributed by atoms with E-state index < -0.39 is 5.97 Å². The number of aryl methyl sites for hydroxylation is 1. The Kier molecular flexibility index (Phi) is 4.01. The third kappa shape index (κ3) is 2.90. The number of amides is 1. The summed E-state index contributed by atoms with van der Waals surface area (Å²) in [7, 11) is 0. The second kappa shape index (κ2) is 5.52. The first-order valence-corrected chi connectivity index (χ1v) is 7.03. The molecule has 5 heteroatoms. The summed E-state index contributed by atoms with van der Waals surface area (Å²) in [5.41, 5.74) is 1.28. The Bertz CT molecular complexity index is 467. The predicted molar refractivity (Wildman–Crippen MR) is 70.1 cm³/mol. The van der Waals surface area contributed by atoms with Crippen LogP contribution in [0.5, 0.6) is 0 Å². The van der Waals surface area contributed by atoms with E-state index in [9.17, 15) is 9.59 Å². The summed E-state index contributed by atoms with van der Waals surface area (Å²) in [4.78, 5) is 24.1. The average molecular weight is 267 g/mol. The summed E-state index contributed by atoms with van der Waals surface area (Å²) >= 11 is 1.50. The minimum atomic E-state index is -1.02. The normalized spacial score (nSPS) is 18.2. The molecule has 2 N–H and O–H groups in total. The van der Waals surface area contributed by atoms with Crippen LogP contribution >= 0.6 is 11.3 Å². The molecule has 18 heavy (non-hydrogen) atoms. The van der Waals surface area contributed by atoms with Crippen molar-refractivity contribution >= 4 is 23.2 Å². The topological polar surface area (TPSA) is 66.4 Å². The molecule has 0 fully saturated rings. The molecule has 1 heterocycles. The number of rotatable bonds is 4. The van der Waals surface area contributed by atoms with Gasteiger partial charge in [-0.05, 0) is 36.8 Å². The van der Waals surface area contributed by atoms with Gasteiger partial charge in [0.25, 0.3) is 5.91 Å². The molecule has 1 unspecified atom stereocenters. The second-order valence-corrected chi connectivity index (χ2v) is 5.79. The summed E-state index contributed by atoms with van der Waals surface area (Å²) in [6, 6.07) is 1.93. The molecule has 0 spiro atoms. The van der Waals surface area contributed by atoms with Gasteiger partial charge in [-0.3, -0.25) is 9.59 Å². The standard InChI is InChI=1S/C13H17NO3S/c1-2-8-3-4-10-9(5-8)6-11(18-10)13(17)14-7-12(15)16/h6,8H,2-5,7H2,1H3,(H,14,17)(H,15,16). The number of fused-ring (bicyclic) bond motifs is 1. The van der Waals surface area contributed by atoms with E-state index in [0.29, 0.717) is 4.88 Å². The van der Waals surface area contributed by atoms with Gasteiger partial charge in [0.15, 0.2) is 0 Å². The lowest BCUT2D eigenvalue weighted by Crippen LogP contribution is -2.28. The van der Waals surface area contributed by atoms with Gasteiger partial charge in [-0.1, -0.05) is 13.3 Å². The van der Waals surface area contributed by atoms with E-state index in [-0.39, 0.29) is 12.5 Å². The number of carboxylic acid groups (broad SMARTS) is 1. The maximum absolute atomic E-state index is 11.8. The Morgan fingerprint density at radius 3 is 3.00 bits per heavy atom. The number of hydrogen-bond acceptors (Lipinski definition) is 3. The lowest BCUT2D eigenvalue weighted by atomic mass is 9.87. The van der Waals surface area contributed by atoms with E-state index in [1.165, 1.54) is 34.6 Å². The highest BCUT2D eigenvalue weighted by Crippen LogP contribution is 2.33. The molecule has 0 saturated carbocycles. The van der Waals surface area contributed by atoms with Gasteiger partial charge in [0.05, 0.1) is 4.88 Å². The Morgan fingerprint density at radius 1 is 1.56 bits per heavy atom. The molecule has 2 rings (SSSR count). The molecule has 1 aliphatic rings. The number of carboxylic acids is 1. The summed E-state index contributed by atoms with van der Waals surface area (Å²) in [6.07, 6.45) is 4.47. The van der Waals surface area contributed by atoms with Crippen molar-refractivity contribution in [2.45, 2.75) is 32.6 Å². The molecule has 1 amide bonds. The molecule has 0 aliphatic heterocycles. The van der Waals surface area contributed by atoms with Crippen molar-refractivity contribution in [3.05, 3.63) is 21.4 Å². The minimum Gasteiger partial charge on any atom is -0.480 e. The van der Waals surface area contributed by atoms with Crippen molar-refractivity contribution < 1.29 is 14.7 Å². The van der Waals surface area contributed by atoms with Gasteiger partial charge in [0, 0.05) is 4.88 Å². The lowest BCUT2D eigenvalue weighted by Gasteiger charge is -2.19. The fraction of sp³-hybridized carbons (Fsp3) is 0.538. The van der Waals surface area contributed by atoms with Crippen LogP contribution in [0.25, 0.3) is 0 Å². The van der Waals surface area contributed by atoms with E-state index in [0.717, 1.165) is 18.8 Å². The fourth-order valence-electron chi connectivity index (χ4n) is 2.30. The van der Waals surface area contributed by atoms with Crippen LogP contribution in [0.4, 0.5) is 0 Å². The average Bonchev–Trinajstić information content (AvgIpc) is 2.78. The van der Waals surface area contributed by atoms with E-state index >= 15 is 0 Å². The molecule has 0 radical (unpaired) electrons. The number of nitrogens with one attached hydrogen (secondary N) is 1. The number of aliphatic carboxylic acids is 1. The van der Waals surface area contributed by atoms with Crippen LogP contribution in [0.3, 0.4) is 0 Å². The molecule has 0 bridgehead atoms. The number of thiophene rings is 1. The van der Waals surface area contributed by atoms with Crippen LogP contribution in [-0.2, 0) is 17.6 Å². The van der Waals surface area contributed by atoms with Gasteiger partial charge < -0.3 is 10.4 Å². The van der Waals surface area contributed by atoms with Crippen molar-refractivity contribution in [3.63, 3.8) is 0 Å². The van der Waals surface area contributed by atoms with E-state index in [1.54, 1.807) is 0 Å². The lowest BCUT2D eigenvalue weighted by molar-refractivity contribution is -0.135. The molecular formula is C13H17NO3S. The van der Waals surface area contributed by atoms with E-state index in [2.05, 4.69) is 12.2 Å². The van der Waals surface area contributed by atoms with Crippen LogP contribution in [0.2, 0.25) is 0 Å². The summed E-state index contributed by atoms with van der Waals surface area (Å²) in [5, 5.41) is 10.9. The van der Waals surface area contributed by atoms with E-state index in [4.69, 9.17) is 5.11 Å². The van der Waals surface area contributed by atoms with Crippen LogP contribution in [0.1, 0.15) is 39.9 Å². The van der Waals surface area contributed by atoms with Crippen molar-refractivity contribution in [2.75, 3.05) is 6.54 Å². The predicted octanol–water partition coefficient (Wildman–Crippen LogP) is 2.08. The first-order valence-electron chi connectivity index (χ1n) is 6.21. The highest BCUT2D eigenvalue weighted by Gasteiger charge is 2.22. The Balaban J connectivity index is 2.05. The molecule has 0 saturated heterocycles. The molecule has 1 aliphatic carbocycles. The molecular weight excluding hydrogens is 250 g/mol. The van der Waals surface area contributed by atoms with Gasteiger partial charge in [0.1, 0.15) is 6.54 Å². The number of hydrogen-bond donors (Lipinski definition) is 2. The molecule has 1 aromatic rings. The maximum atomic E-state index is 11.8. The maximum Gasteiger partial charge on any atom is 0.322 e. The minimum absolute atomic E-state index is 0.273. The molecule has 1 aromatic heterocycles. The van der Waals surface area contributed by atoms with Crippen molar-refractivity contribution in [2.24, 2.45) is 5.92 Å². The fourth-order valence-corrected chi connectivity index (χ4v) is 3.43.